The maximum absolute atomic E-state index is 12.4. The van der Waals surface area contributed by atoms with Gasteiger partial charge in [0.1, 0.15) is 5.75 Å². The largest absolute Gasteiger partial charge is 0.435 e. The molecule has 3 nitrogen and oxygen atoms in total. The van der Waals surface area contributed by atoms with Crippen molar-refractivity contribution >= 4 is 0 Å². The Morgan fingerprint density at radius 3 is 2.83 bits per heavy atom. The summed E-state index contributed by atoms with van der Waals surface area (Å²) in [5.74, 6) is 0.878. The summed E-state index contributed by atoms with van der Waals surface area (Å²) in [5, 5.41) is 3.86. The van der Waals surface area contributed by atoms with Crippen molar-refractivity contribution in [3.63, 3.8) is 0 Å². The van der Waals surface area contributed by atoms with Gasteiger partial charge in [0.15, 0.2) is 0 Å². The third kappa shape index (κ3) is 3.89. The smallest absolute Gasteiger partial charge is 0.387 e. The number of halogens is 2. The second-order valence-corrected chi connectivity index (χ2v) is 7.46. The molecule has 3 rings (SSSR count). The van der Waals surface area contributed by atoms with Crippen molar-refractivity contribution in [1.29, 1.82) is 0 Å². The maximum Gasteiger partial charge on any atom is 0.387 e. The van der Waals surface area contributed by atoms with E-state index in [-0.39, 0.29) is 5.75 Å². The van der Waals surface area contributed by atoms with Gasteiger partial charge in [0.25, 0.3) is 0 Å². The number of aryl methyl sites for hydroxylation is 1. The molecule has 0 radical (unpaired) electrons. The van der Waals surface area contributed by atoms with Crippen molar-refractivity contribution in [2.45, 2.75) is 64.3 Å². The van der Waals surface area contributed by atoms with Gasteiger partial charge in [-0.25, -0.2) is 0 Å². The molecule has 0 bridgehead atoms. The number of ether oxygens (including phenoxy) is 1. The monoisotopic (exact) mass is 338 g/mol. The highest BCUT2D eigenvalue weighted by atomic mass is 19.3. The number of fused-ring (bicyclic) bond motifs is 1. The quantitative estimate of drug-likeness (QED) is 0.898. The molecule has 134 valence electrons. The van der Waals surface area contributed by atoms with Crippen molar-refractivity contribution in [3.8, 4) is 5.75 Å². The molecule has 1 fully saturated rings. The molecule has 0 amide bonds. The van der Waals surface area contributed by atoms with Gasteiger partial charge in [0.05, 0.1) is 0 Å². The molecule has 1 aliphatic heterocycles. The van der Waals surface area contributed by atoms with Gasteiger partial charge in [-0.05, 0) is 68.8 Å². The van der Waals surface area contributed by atoms with E-state index in [9.17, 15) is 8.78 Å². The molecule has 5 heteroatoms. The van der Waals surface area contributed by atoms with E-state index < -0.39 is 6.61 Å². The zero-order valence-electron chi connectivity index (χ0n) is 14.8. The molecule has 1 N–H and O–H groups in total. The van der Waals surface area contributed by atoms with Crippen LogP contribution in [0.15, 0.2) is 18.2 Å². The molecular formula is C19H28F2N2O. The molecule has 0 unspecified atom stereocenters. The standard InChI is InChI=1S/C19H28F2N2O/c1-12-11-23(3)13(2)9-18(12)22-17-6-4-5-14-10-15(24-19(20)21)7-8-16(14)17/h7-8,10,12-13,17-19,22H,4-6,9,11H2,1-3H3/t12-,13-,17-,18+/m1/s1. The lowest BCUT2D eigenvalue weighted by molar-refractivity contribution is -0.0499. The van der Waals surface area contributed by atoms with Crippen LogP contribution in [0.4, 0.5) is 8.78 Å². The molecule has 4 atom stereocenters. The summed E-state index contributed by atoms with van der Waals surface area (Å²) in [7, 11) is 2.19. The SMILES string of the molecule is C[C@@H]1CN(C)[C@H](C)C[C@@H]1N[C@@H]1CCCc2cc(OC(F)F)ccc21. The number of rotatable bonds is 4. The molecule has 1 saturated heterocycles. The molecule has 0 saturated carbocycles. The zero-order valence-corrected chi connectivity index (χ0v) is 14.8. The number of piperidine rings is 1. The van der Waals surface area contributed by atoms with E-state index >= 15 is 0 Å². The first kappa shape index (κ1) is 17.6. The van der Waals surface area contributed by atoms with Crippen LogP contribution in [0, 0.1) is 5.92 Å². The number of nitrogens with one attached hydrogen (secondary N) is 1. The van der Waals surface area contributed by atoms with Crippen molar-refractivity contribution in [1.82, 2.24) is 10.2 Å². The first-order chi connectivity index (χ1) is 11.4. The minimum absolute atomic E-state index is 0.269. The molecular weight excluding hydrogens is 310 g/mol. The van der Waals surface area contributed by atoms with E-state index in [1.807, 2.05) is 6.07 Å². The van der Waals surface area contributed by atoms with E-state index in [2.05, 4.69) is 35.8 Å². The van der Waals surface area contributed by atoms with Crippen LogP contribution < -0.4 is 10.1 Å². The Bertz CT molecular complexity index is 566. The first-order valence-corrected chi connectivity index (χ1v) is 8.98. The third-order valence-corrected chi connectivity index (χ3v) is 5.68. The van der Waals surface area contributed by atoms with Crippen molar-refractivity contribution in [2.24, 2.45) is 5.92 Å². The predicted molar refractivity (Wildman–Crippen MR) is 91.5 cm³/mol. The van der Waals surface area contributed by atoms with Gasteiger partial charge in [0, 0.05) is 24.7 Å². The average Bonchev–Trinajstić information content (AvgIpc) is 2.52. The van der Waals surface area contributed by atoms with E-state index in [1.54, 1.807) is 12.1 Å². The molecule has 0 aromatic heterocycles. The molecule has 1 aromatic carbocycles. The molecule has 1 aromatic rings. The Balaban J connectivity index is 1.72. The fourth-order valence-corrected chi connectivity index (χ4v) is 4.17. The lowest BCUT2D eigenvalue weighted by Crippen LogP contribution is -2.51. The van der Waals surface area contributed by atoms with E-state index in [4.69, 9.17) is 0 Å². The van der Waals surface area contributed by atoms with Gasteiger partial charge < -0.3 is 15.0 Å². The number of alkyl halides is 2. The number of hydrogen-bond donors (Lipinski definition) is 1. The Morgan fingerprint density at radius 1 is 1.29 bits per heavy atom. The highest BCUT2D eigenvalue weighted by Gasteiger charge is 2.31. The normalized spacial score (nSPS) is 31.1. The van der Waals surface area contributed by atoms with Crippen LogP contribution >= 0.6 is 0 Å². The summed E-state index contributed by atoms with van der Waals surface area (Å²) in [4.78, 5) is 2.42. The summed E-state index contributed by atoms with van der Waals surface area (Å²) in [5.41, 5.74) is 2.40. The van der Waals surface area contributed by atoms with Gasteiger partial charge in [0.2, 0.25) is 0 Å². The van der Waals surface area contributed by atoms with E-state index in [0.717, 1.165) is 37.8 Å². The highest BCUT2D eigenvalue weighted by Crippen LogP contribution is 2.34. The van der Waals surface area contributed by atoms with E-state index in [0.29, 0.717) is 24.0 Å². The van der Waals surface area contributed by atoms with Crippen LogP contribution in [0.25, 0.3) is 0 Å². The van der Waals surface area contributed by atoms with Crippen LogP contribution in [0.1, 0.15) is 50.3 Å². The van der Waals surface area contributed by atoms with Crippen LogP contribution in [0.3, 0.4) is 0 Å². The van der Waals surface area contributed by atoms with Gasteiger partial charge in [-0.1, -0.05) is 13.0 Å². The highest BCUT2D eigenvalue weighted by molar-refractivity contribution is 5.39. The summed E-state index contributed by atoms with van der Waals surface area (Å²) >= 11 is 0. The zero-order chi connectivity index (χ0) is 17.3. The third-order valence-electron chi connectivity index (χ3n) is 5.68. The van der Waals surface area contributed by atoms with Crippen LogP contribution in [-0.4, -0.2) is 37.2 Å². The lowest BCUT2D eigenvalue weighted by Gasteiger charge is -2.42. The fraction of sp³-hybridized carbons (Fsp3) is 0.684. The number of benzene rings is 1. The Morgan fingerprint density at radius 2 is 2.08 bits per heavy atom. The van der Waals surface area contributed by atoms with Gasteiger partial charge in [-0.3, -0.25) is 0 Å². The fourth-order valence-electron chi connectivity index (χ4n) is 4.17. The minimum Gasteiger partial charge on any atom is -0.435 e. The van der Waals surface area contributed by atoms with Gasteiger partial charge in [-0.2, -0.15) is 8.78 Å². The molecule has 1 heterocycles. The summed E-state index contributed by atoms with van der Waals surface area (Å²) in [6, 6.07) is 6.83. The van der Waals surface area contributed by atoms with Crippen LogP contribution in [-0.2, 0) is 6.42 Å². The van der Waals surface area contributed by atoms with Gasteiger partial charge >= 0.3 is 6.61 Å². The average molecular weight is 338 g/mol. The molecule has 1 aliphatic carbocycles. The second kappa shape index (κ2) is 7.36. The predicted octanol–water partition coefficient (Wildman–Crippen LogP) is 3.98. The number of likely N-dealkylation sites (tertiary alicyclic amines) is 1. The lowest BCUT2D eigenvalue weighted by atomic mass is 9.84. The summed E-state index contributed by atoms with van der Waals surface area (Å²) in [6.45, 7) is 2.94. The Labute approximate surface area is 143 Å². The Kier molecular flexibility index (Phi) is 5.40. The van der Waals surface area contributed by atoms with Crippen molar-refractivity contribution in [3.05, 3.63) is 29.3 Å². The molecule has 24 heavy (non-hydrogen) atoms. The first-order valence-electron chi connectivity index (χ1n) is 8.98. The Hall–Kier alpha value is -1.20. The second-order valence-electron chi connectivity index (χ2n) is 7.46. The van der Waals surface area contributed by atoms with Crippen molar-refractivity contribution < 1.29 is 13.5 Å². The van der Waals surface area contributed by atoms with Gasteiger partial charge in [-0.15, -0.1) is 0 Å². The van der Waals surface area contributed by atoms with Crippen LogP contribution in [0.5, 0.6) is 5.75 Å². The summed E-state index contributed by atoms with van der Waals surface area (Å²) < 4.78 is 29.4. The topological polar surface area (TPSA) is 24.5 Å². The molecule has 0 spiro atoms. The maximum atomic E-state index is 12.4. The van der Waals surface area contributed by atoms with Crippen molar-refractivity contribution in [2.75, 3.05) is 13.6 Å². The summed E-state index contributed by atoms with van der Waals surface area (Å²) in [6.07, 6.45) is 4.28. The number of nitrogens with zero attached hydrogens (tertiary/aromatic N) is 1. The minimum atomic E-state index is -2.76. The number of hydrogen-bond acceptors (Lipinski definition) is 3. The molecule has 2 aliphatic rings. The van der Waals surface area contributed by atoms with E-state index in [1.165, 1.54) is 5.56 Å². The van der Waals surface area contributed by atoms with Crippen LogP contribution in [0.2, 0.25) is 0 Å².